The summed E-state index contributed by atoms with van der Waals surface area (Å²) in [5.74, 6) is 0.106. The lowest BCUT2D eigenvalue weighted by Gasteiger charge is -2.08. The van der Waals surface area contributed by atoms with E-state index in [0.717, 1.165) is 45.4 Å². The van der Waals surface area contributed by atoms with Gasteiger partial charge in [-0.05, 0) is 35.7 Å². The summed E-state index contributed by atoms with van der Waals surface area (Å²) in [5.41, 5.74) is 6.05. The number of allylic oxidation sites excluding steroid dienone is 2. The van der Waals surface area contributed by atoms with Crippen LogP contribution in [0.5, 0.6) is 0 Å². The van der Waals surface area contributed by atoms with E-state index in [2.05, 4.69) is 33.3 Å². The number of hydrogen-bond acceptors (Lipinski definition) is 4. The van der Waals surface area contributed by atoms with Gasteiger partial charge in [0.25, 0.3) is 0 Å². The Morgan fingerprint density at radius 2 is 2.04 bits per heavy atom. The van der Waals surface area contributed by atoms with Gasteiger partial charge in [-0.2, -0.15) is 0 Å². The van der Waals surface area contributed by atoms with Gasteiger partial charge in [0.1, 0.15) is 12.3 Å². The molecule has 0 radical (unpaired) electrons. The standard InChI is InChI=1S/C21H19BrN2O2/c1-2-3-10-26-24-20-15-6-4-5-7-17(15)23-21(20)19-16-12-14(22)9-8-13(16)11-18(19)25/h4-9,12,23H,2-3,10-11H2,1H3/b21-19-,24-20+. The van der Waals surface area contributed by atoms with Crippen LogP contribution in [0.3, 0.4) is 0 Å². The third-order valence-corrected chi connectivity index (χ3v) is 5.14. The summed E-state index contributed by atoms with van der Waals surface area (Å²) in [6.45, 7) is 2.68. The van der Waals surface area contributed by atoms with Crippen molar-refractivity contribution in [3.8, 4) is 0 Å². The second-order valence-electron chi connectivity index (χ2n) is 6.45. The Balaban J connectivity index is 1.84. The van der Waals surface area contributed by atoms with Gasteiger partial charge in [0.15, 0.2) is 5.78 Å². The van der Waals surface area contributed by atoms with Crippen LogP contribution in [0.1, 0.15) is 36.5 Å². The van der Waals surface area contributed by atoms with Crippen molar-refractivity contribution in [2.75, 3.05) is 11.9 Å². The van der Waals surface area contributed by atoms with Crippen LogP contribution < -0.4 is 5.32 Å². The summed E-state index contributed by atoms with van der Waals surface area (Å²) in [6.07, 6.45) is 2.42. The average Bonchev–Trinajstić information content (AvgIpc) is 3.15. The fourth-order valence-electron chi connectivity index (χ4n) is 3.34. The van der Waals surface area contributed by atoms with Crippen LogP contribution >= 0.6 is 15.9 Å². The van der Waals surface area contributed by atoms with Crippen LogP contribution in [0.4, 0.5) is 5.69 Å². The van der Waals surface area contributed by atoms with Crippen molar-refractivity contribution < 1.29 is 9.63 Å². The molecule has 1 heterocycles. The van der Waals surface area contributed by atoms with E-state index in [1.807, 2.05) is 42.5 Å². The number of oxime groups is 1. The van der Waals surface area contributed by atoms with Crippen molar-refractivity contribution >= 4 is 38.7 Å². The number of benzene rings is 2. The van der Waals surface area contributed by atoms with Gasteiger partial charge in [0.05, 0.1) is 11.3 Å². The van der Waals surface area contributed by atoms with Gasteiger partial charge in [-0.25, -0.2) is 0 Å². The molecule has 0 saturated carbocycles. The number of hydrogen-bond donors (Lipinski definition) is 1. The monoisotopic (exact) mass is 410 g/mol. The molecular weight excluding hydrogens is 392 g/mol. The Bertz CT molecular complexity index is 947. The molecule has 2 aromatic carbocycles. The van der Waals surface area contributed by atoms with Crippen LogP contribution in [0.15, 0.2) is 57.8 Å². The molecule has 0 bridgehead atoms. The van der Waals surface area contributed by atoms with Crippen molar-refractivity contribution in [1.82, 2.24) is 0 Å². The average molecular weight is 411 g/mol. The van der Waals surface area contributed by atoms with Crippen LogP contribution in [0.2, 0.25) is 0 Å². The molecule has 1 aliphatic carbocycles. The molecule has 2 aliphatic rings. The van der Waals surface area contributed by atoms with E-state index in [0.29, 0.717) is 24.3 Å². The molecule has 4 rings (SSSR count). The van der Waals surface area contributed by atoms with Crippen molar-refractivity contribution in [3.63, 3.8) is 0 Å². The van der Waals surface area contributed by atoms with Crippen molar-refractivity contribution in [1.29, 1.82) is 0 Å². The highest BCUT2D eigenvalue weighted by atomic mass is 79.9. The molecule has 4 nitrogen and oxygen atoms in total. The summed E-state index contributed by atoms with van der Waals surface area (Å²) >= 11 is 3.51. The van der Waals surface area contributed by atoms with Crippen LogP contribution in [0.25, 0.3) is 5.57 Å². The number of ketones is 1. The Morgan fingerprint density at radius 1 is 1.19 bits per heavy atom. The number of carbonyl (C=O) groups excluding carboxylic acids is 1. The first-order chi connectivity index (χ1) is 12.7. The summed E-state index contributed by atoms with van der Waals surface area (Å²) in [7, 11) is 0. The Hall–Kier alpha value is -2.40. The van der Waals surface area contributed by atoms with Gasteiger partial charge in [0.2, 0.25) is 0 Å². The lowest BCUT2D eigenvalue weighted by molar-refractivity contribution is -0.112. The molecule has 0 fully saturated rings. The first-order valence-corrected chi connectivity index (χ1v) is 9.61. The number of nitrogens with zero attached hydrogens (tertiary/aromatic N) is 1. The van der Waals surface area contributed by atoms with E-state index in [9.17, 15) is 4.79 Å². The van der Waals surface area contributed by atoms with Crippen LogP contribution in [-0.2, 0) is 16.1 Å². The van der Waals surface area contributed by atoms with E-state index in [-0.39, 0.29) is 5.78 Å². The highest BCUT2D eigenvalue weighted by Crippen LogP contribution is 2.39. The Labute approximate surface area is 161 Å². The highest BCUT2D eigenvalue weighted by molar-refractivity contribution is 9.10. The molecule has 26 heavy (non-hydrogen) atoms. The number of halogens is 1. The largest absolute Gasteiger partial charge is 0.395 e. The Kier molecular flexibility index (Phi) is 4.64. The van der Waals surface area contributed by atoms with E-state index < -0.39 is 0 Å². The lowest BCUT2D eigenvalue weighted by atomic mass is 10.0. The molecule has 0 amide bonds. The smallest absolute Gasteiger partial charge is 0.170 e. The third-order valence-electron chi connectivity index (χ3n) is 4.64. The zero-order chi connectivity index (χ0) is 18.1. The van der Waals surface area contributed by atoms with Crippen LogP contribution in [-0.4, -0.2) is 18.1 Å². The topological polar surface area (TPSA) is 50.7 Å². The number of rotatable bonds is 4. The van der Waals surface area contributed by atoms with Crippen LogP contribution in [0, 0.1) is 0 Å². The molecule has 5 heteroatoms. The maximum atomic E-state index is 12.8. The number of nitrogens with one attached hydrogen (secondary N) is 1. The minimum Gasteiger partial charge on any atom is -0.395 e. The maximum Gasteiger partial charge on any atom is 0.170 e. The fourth-order valence-corrected chi connectivity index (χ4v) is 3.70. The van der Waals surface area contributed by atoms with E-state index in [1.165, 1.54) is 0 Å². The molecule has 0 saturated heterocycles. The molecular formula is C21H19BrN2O2. The molecule has 1 N–H and O–H groups in total. The molecule has 0 unspecified atom stereocenters. The van der Waals surface area contributed by atoms with Crippen molar-refractivity contribution in [2.24, 2.45) is 5.16 Å². The summed E-state index contributed by atoms with van der Waals surface area (Å²) in [6, 6.07) is 13.9. The number of para-hydroxylation sites is 1. The predicted molar refractivity (Wildman–Crippen MR) is 107 cm³/mol. The van der Waals surface area contributed by atoms with Gasteiger partial charge in [-0.15, -0.1) is 0 Å². The number of Topliss-reactive ketones (excluding diaryl/α,β-unsaturated/α-hetero) is 1. The highest BCUT2D eigenvalue weighted by Gasteiger charge is 2.34. The fraction of sp³-hybridized carbons (Fsp3) is 0.238. The summed E-state index contributed by atoms with van der Waals surface area (Å²) in [4.78, 5) is 18.3. The number of fused-ring (bicyclic) bond motifs is 2. The summed E-state index contributed by atoms with van der Waals surface area (Å²) < 4.78 is 0.956. The van der Waals surface area contributed by atoms with Gasteiger partial charge in [-0.1, -0.05) is 58.7 Å². The molecule has 132 valence electrons. The van der Waals surface area contributed by atoms with Crippen molar-refractivity contribution in [3.05, 3.63) is 69.3 Å². The predicted octanol–water partition coefficient (Wildman–Crippen LogP) is 4.93. The Morgan fingerprint density at radius 3 is 2.88 bits per heavy atom. The quantitative estimate of drug-likeness (QED) is 0.441. The number of anilines is 1. The molecule has 0 spiro atoms. The SMILES string of the molecule is CCCCO/N=C1/C(=C2/C(=O)Cc3ccc(Br)cc32)Nc2ccccc21. The molecule has 0 atom stereocenters. The van der Waals surface area contributed by atoms with Gasteiger partial charge in [-0.3, -0.25) is 4.79 Å². The van der Waals surface area contributed by atoms with E-state index in [4.69, 9.17) is 4.84 Å². The van der Waals surface area contributed by atoms with E-state index in [1.54, 1.807) is 0 Å². The molecule has 0 aromatic heterocycles. The minimum atomic E-state index is 0.106. The second kappa shape index (κ2) is 7.08. The molecule has 1 aliphatic heterocycles. The first-order valence-electron chi connectivity index (χ1n) is 8.82. The first kappa shape index (κ1) is 17.0. The number of unbranched alkanes of at least 4 members (excludes halogenated alkanes) is 1. The third kappa shape index (κ3) is 2.97. The molecule has 2 aromatic rings. The van der Waals surface area contributed by atoms with Gasteiger partial charge >= 0.3 is 0 Å². The lowest BCUT2D eigenvalue weighted by Crippen LogP contribution is -2.10. The van der Waals surface area contributed by atoms with Crippen molar-refractivity contribution in [2.45, 2.75) is 26.2 Å². The maximum absolute atomic E-state index is 12.8. The van der Waals surface area contributed by atoms with Gasteiger partial charge < -0.3 is 10.2 Å². The van der Waals surface area contributed by atoms with Gasteiger partial charge in [0, 0.05) is 22.1 Å². The zero-order valence-corrected chi connectivity index (χ0v) is 16.1. The number of carbonyl (C=O) groups is 1. The minimum absolute atomic E-state index is 0.106. The normalized spacial score (nSPS) is 19.5. The zero-order valence-electron chi connectivity index (χ0n) is 14.5. The summed E-state index contributed by atoms with van der Waals surface area (Å²) in [5, 5.41) is 7.78. The second-order valence-corrected chi connectivity index (χ2v) is 7.36. The van der Waals surface area contributed by atoms with E-state index >= 15 is 0 Å².